The molecule has 2 aromatic heterocycles. The number of rotatable bonds is 2. The number of hydrogen-bond donors (Lipinski definition) is 0. The number of pyridine rings is 2. The molecule has 0 saturated heterocycles. The van der Waals surface area contributed by atoms with Crippen molar-refractivity contribution in [2.75, 3.05) is 0 Å². The van der Waals surface area contributed by atoms with E-state index >= 15 is 0 Å². The molecule has 6 aromatic rings. The van der Waals surface area contributed by atoms with Gasteiger partial charge < -0.3 is 0 Å². The van der Waals surface area contributed by atoms with Crippen LogP contribution in [0.4, 0.5) is 0 Å². The van der Waals surface area contributed by atoms with Crippen LogP contribution in [-0.2, 0) is 5.41 Å². The lowest BCUT2D eigenvalue weighted by Crippen LogP contribution is -2.14. The SMILES string of the molecule is CC1(C)c2ccccc2-c2cc3ccc4ccc(-c5ccc(-c6cccnc6)nc5)cc4c3cc21. The largest absolute Gasteiger partial charge is 0.264 e. The van der Waals surface area contributed by atoms with Crippen molar-refractivity contribution in [2.24, 2.45) is 0 Å². The van der Waals surface area contributed by atoms with Crippen molar-refractivity contribution in [3.63, 3.8) is 0 Å². The minimum Gasteiger partial charge on any atom is -0.264 e. The van der Waals surface area contributed by atoms with Gasteiger partial charge in [-0.05, 0) is 85.8 Å². The number of nitrogens with zero attached hydrogens (tertiary/aromatic N) is 2. The fraction of sp³-hybridized carbons (Fsp3) is 0.0909. The molecule has 0 aliphatic heterocycles. The molecule has 1 aliphatic carbocycles. The highest BCUT2D eigenvalue weighted by atomic mass is 14.7. The summed E-state index contributed by atoms with van der Waals surface area (Å²) in [6, 6.07) is 33.1. The standard InChI is InChI=1S/C33H24N2/c1-33(2)30-8-4-3-7-26(30)29-17-23-12-10-21-9-11-22(16-27(21)28(23)18-31(29)33)24-13-14-32(35-20-24)25-6-5-15-34-19-25/h3-20H,1-2H3. The Bertz CT molecular complexity index is 1750. The first kappa shape index (κ1) is 20.1. The highest BCUT2D eigenvalue weighted by Crippen LogP contribution is 2.50. The summed E-state index contributed by atoms with van der Waals surface area (Å²) < 4.78 is 0. The minimum absolute atomic E-state index is 0.00800. The van der Waals surface area contributed by atoms with Crippen LogP contribution in [-0.4, -0.2) is 9.97 Å². The molecule has 2 nitrogen and oxygen atoms in total. The van der Waals surface area contributed by atoms with Gasteiger partial charge in [0.05, 0.1) is 5.69 Å². The van der Waals surface area contributed by atoms with E-state index in [0.29, 0.717) is 0 Å². The molecule has 0 N–H and O–H groups in total. The summed E-state index contributed by atoms with van der Waals surface area (Å²) in [7, 11) is 0. The van der Waals surface area contributed by atoms with Crippen LogP contribution in [0.5, 0.6) is 0 Å². The molecule has 0 saturated carbocycles. The maximum absolute atomic E-state index is 4.72. The van der Waals surface area contributed by atoms with Crippen molar-refractivity contribution < 1.29 is 0 Å². The van der Waals surface area contributed by atoms with Crippen molar-refractivity contribution in [1.82, 2.24) is 9.97 Å². The quantitative estimate of drug-likeness (QED) is 0.248. The highest BCUT2D eigenvalue weighted by molar-refractivity contribution is 6.10. The summed E-state index contributed by atoms with van der Waals surface area (Å²) in [6.07, 6.45) is 5.60. The molecular formula is C33H24N2. The van der Waals surface area contributed by atoms with Gasteiger partial charge in [0.2, 0.25) is 0 Å². The molecule has 2 heteroatoms. The fourth-order valence-corrected chi connectivity index (χ4v) is 5.68. The molecule has 0 unspecified atom stereocenters. The average molecular weight is 449 g/mol. The first-order chi connectivity index (χ1) is 17.1. The van der Waals surface area contributed by atoms with Crippen LogP contribution in [0.15, 0.2) is 110 Å². The molecule has 35 heavy (non-hydrogen) atoms. The first-order valence-electron chi connectivity index (χ1n) is 12.1. The second-order valence-corrected chi connectivity index (χ2v) is 9.96. The molecule has 0 radical (unpaired) electrons. The third kappa shape index (κ3) is 3.03. The zero-order valence-electron chi connectivity index (χ0n) is 19.8. The zero-order chi connectivity index (χ0) is 23.6. The lowest BCUT2D eigenvalue weighted by atomic mass is 9.81. The smallest absolute Gasteiger partial charge is 0.0717 e. The Labute approximate surface area is 204 Å². The molecule has 4 aromatic carbocycles. The minimum atomic E-state index is -0.00800. The van der Waals surface area contributed by atoms with Gasteiger partial charge in [0.25, 0.3) is 0 Å². The predicted octanol–water partition coefficient (Wildman–Crippen LogP) is 8.42. The van der Waals surface area contributed by atoms with E-state index in [1.165, 1.54) is 49.4 Å². The Balaban J connectivity index is 1.38. The number of hydrogen-bond acceptors (Lipinski definition) is 2. The van der Waals surface area contributed by atoms with E-state index in [1.54, 1.807) is 6.20 Å². The van der Waals surface area contributed by atoms with E-state index in [-0.39, 0.29) is 5.41 Å². The molecule has 1 aliphatic rings. The third-order valence-electron chi connectivity index (χ3n) is 7.59. The molecule has 0 fully saturated rings. The molecule has 0 bridgehead atoms. The van der Waals surface area contributed by atoms with E-state index in [0.717, 1.165) is 16.8 Å². The van der Waals surface area contributed by atoms with Gasteiger partial charge in [-0.2, -0.15) is 0 Å². The van der Waals surface area contributed by atoms with Crippen LogP contribution in [0.2, 0.25) is 0 Å². The number of aromatic nitrogens is 2. The van der Waals surface area contributed by atoms with E-state index in [9.17, 15) is 0 Å². The Morgan fingerprint density at radius 1 is 0.571 bits per heavy atom. The Kier molecular flexibility index (Phi) is 4.22. The second kappa shape index (κ2) is 7.35. The third-order valence-corrected chi connectivity index (χ3v) is 7.59. The molecule has 0 spiro atoms. The topological polar surface area (TPSA) is 25.8 Å². The summed E-state index contributed by atoms with van der Waals surface area (Å²) >= 11 is 0. The lowest BCUT2D eigenvalue weighted by Gasteiger charge is -2.22. The van der Waals surface area contributed by atoms with Gasteiger partial charge in [0.1, 0.15) is 0 Å². The first-order valence-corrected chi connectivity index (χ1v) is 12.1. The second-order valence-electron chi connectivity index (χ2n) is 9.96. The van der Waals surface area contributed by atoms with E-state index in [1.807, 2.05) is 24.5 Å². The van der Waals surface area contributed by atoms with Crippen LogP contribution < -0.4 is 0 Å². The van der Waals surface area contributed by atoms with Crippen molar-refractivity contribution in [3.8, 4) is 33.5 Å². The Hall–Kier alpha value is -4.30. The number of fused-ring (bicyclic) bond motifs is 6. The average Bonchev–Trinajstić information content (AvgIpc) is 3.14. The van der Waals surface area contributed by atoms with Crippen LogP contribution in [0.25, 0.3) is 55.1 Å². The van der Waals surface area contributed by atoms with Crippen LogP contribution in [0.3, 0.4) is 0 Å². The van der Waals surface area contributed by atoms with Gasteiger partial charge >= 0.3 is 0 Å². The summed E-state index contributed by atoms with van der Waals surface area (Å²) in [6.45, 7) is 4.69. The van der Waals surface area contributed by atoms with Gasteiger partial charge in [0, 0.05) is 35.1 Å². The summed E-state index contributed by atoms with van der Waals surface area (Å²) in [4.78, 5) is 8.93. The van der Waals surface area contributed by atoms with Crippen LogP contribution >= 0.6 is 0 Å². The van der Waals surface area contributed by atoms with Gasteiger partial charge in [-0.1, -0.05) is 68.4 Å². The summed E-state index contributed by atoms with van der Waals surface area (Å²) in [5, 5.41) is 5.13. The fourth-order valence-electron chi connectivity index (χ4n) is 5.68. The van der Waals surface area contributed by atoms with Crippen molar-refractivity contribution in [3.05, 3.63) is 121 Å². The van der Waals surface area contributed by atoms with Crippen molar-refractivity contribution in [2.45, 2.75) is 19.3 Å². The highest BCUT2D eigenvalue weighted by Gasteiger charge is 2.35. The zero-order valence-corrected chi connectivity index (χ0v) is 19.8. The normalized spacial score (nSPS) is 13.7. The molecule has 7 rings (SSSR count). The van der Waals surface area contributed by atoms with E-state index in [2.05, 4.69) is 97.7 Å². The Morgan fingerprint density at radius 2 is 1.37 bits per heavy atom. The Morgan fingerprint density at radius 3 is 2.20 bits per heavy atom. The van der Waals surface area contributed by atoms with Gasteiger partial charge in [0.15, 0.2) is 0 Å². The predicted molar refractivity (Wildman–Crippen MR) is 145 cm³/mol. The van der Waals surface area contributed by atoms with Crippen LogP contribution in [0.1, 0.15) is 25.0 Å². The van der Waals surface area contributed by atoms with E-state index < -0.39 is 0 Å². The van der Waals surface area contributed by atoms with Gasteiger partial charge in [-0.25, -0.2) is 0 Å². The lowest BCUT2D eigenvalue weighted by molar-refractivity contribution is 0.661. The van der Waals surface area contributed by atoms with Crippen LogP contribution in [0, 0.1) is 0 Å². The molecule has 0 amide bonds. The molecule has 166 valence electrons. The summed E-state index contributed by atoms with van der Waals surface area (Å²) in [5.74, 6) is 0. The monoisotopic (exact) mass is 448 g/mol. The van der Waals surface area contributed by atoms with E-state index in [4.69, 9.17) is 4.98 Å². The van der Waals surface area contributed by atoms with Gasteiger partial charge in [-0.15, -0.1) is 0 Å². The van der Waals surface area contributed by atoms with Gasteiger partial charge in [-0.3, -0.25) is 9.97 Å². The molecule has 0 atom stereocenters. The molecular weight excluding hydrogens is 424 g/mol. The molecule has 2 heterocycles. The van der Waals surface area contributed by atoms with Crippen molar-refractivity contribution >= 4 is 21.5 Å². The number of benzene rings is 4. The van der Waals surface area contributed by atoms with Crippen molar-refractivity contribution in [1.29, 1.82) is 0 Å². The maximum atomic E-state index is 4.72. The maximum Gasteiger partial charge on any atom is 0.0717 e. The summed E-state index contributed by atoms with van der Waals surface area (Å²) in [5.41, 5.74) is 9.80.